The van der Waals surface area contributed by atoms with Crippen LogP contribution >= 0.6 is 11.8 Å². The number of aromatic hydroxyl groups is 1. The summed E-state index contributed by atoms with van der Waals surface area (Å²) in [5.41, 5.74) is 1.34. The Balaban J connectivity index is 2.92. The Morgan fingerprint density at radius 1 is 1.53 bits per heavy atom. The Morgan fingerprint density at radius 2 is 2.18 bits per heavy atom. The van der Waals surface area contributed by atoms with Gasteiger partial charge in [-0.05, 0) is 32.2 Å². The molecule has 0 aliphatic carbocycles. The van der Waals surface area contributed by atoms with Crippen molar-refractivity contribution >= 4 is 17.7 Å². The maximum atomic E-state index is 12.2. The lowest BCUT2D eigenvalue weighted by atomic mass is 10.1. The maximum Gasteiger partial charge on any atom is 0.257 e. The molecule has 1 atom stereocenters. The molecule has 0 spiro atoms. The fraction of sp³-hybridized carbons (Fsp3) is 0.462. The molecule has 1 aromatic carbocycles. The summed E-state index contributed by atoms with van der Waals surface area (Å²) < 4.78 is 0. The van der Waals surface area contributed by atoms with Gasteiger partial charge in [-0.1, -0.05) is 11.6 Å². The number of carbonyl (C=O) groups is 1. The second-order valence-corrected chi connectivity index (χ2v) is 5.15. The van der Waals surface area contributed by atoms with E-state index in [-0.39, 0.29) is 17.7 Å². The van der Waals surface area contributed by atoms with Gasteiger partial charge in [0.25, 0.3) is 5.91 Å². The van der Waals surface area contributed by atoms with E-state index in [0.29, 0.717) is 5.56 Å². The van der Waals surface area contributed by atoms with Crippen LogP contribution in [0.4, 0.5) is 0 Å². The summed E-state index contributed by atoms with van der Waals surface area (Å²) in [4.78, 5) is 13.9. The van der Waals surface area contributed by atoms with E-state index in [9.17, 15) is 9.90 Å². The lowest BCUT2D eigenvalue weighted by Crippen LogP contribution is -2.36. The summed E-state index contributed by atoms with van der Waals surface area (Å²) in [5, 5.41) is 9.71. The molecule has 0 saturated heterocycles. The van der Waals surface area contributed by atoms with Crippen LogP contribution in [0.2, 0.25) is 0 Å². The summed E-state index contributed by atoms with van der Waals surface area (Å²) in [5.74, 6) is 0.797. The average molecular weight is 253 g/mol. The van der Waals surface area contributed by atoms with E-state index in [1.165, 1.54) is 0 Å². The minimum absolute atomic E-state index is 0.0452. The van der Waals surface area contributed by atoms with Crippen molar-refractivity contribution in [2.75, 3.05) is 19.1 Å². The predicted octanol–water partition coefficient (Wildman–Crippen LogP) is 2.52. The van der Waals surface area contributed by atoms with E-state index in [4.69, 9.17) is 0 Å². The summed E-state index contributed by atoms with van der Waals surface area (Å²) in [6, 6.07) is 5.23. The van der Waals surface area contributed by atoms with Gasteiger partial charge in [0.15, 0.2) is 0 Å². The van der Waals surface area contributed by atoms with E-state index < -0.39 is 0 Å². The quantitative estimate of drug-likeness (QED) is 0.896. The zero-order valence-electron chi connectivity index (χ0n) is 10.7. The van der Waals surface area contributed by atoms with Crippen molar-refractivity contribution in [3.63, 3.8) is 0 Å². The van der Waals surface area contributed by atoms with Crippen LogP contribution in [0.1, 0.15) is 22.8 Å². The Bertz CT molecular complexity index is 406. The molecule has 0 aliphatic heterocycles. The smallest absolute Gasteiger partial charge is 0.257 e. The number of rotatable bonds is 4. The number of carbonyl (C=O) groups excluding carboxylic acids is 1. The van der Waals surface area contributed by atoms with E-state index in [1.807, 2.05) is 20.1 Å². The monoisotopic (exact) mass is 253 g/mol. The van der Waals surface area contributed by atoms with Crippen molar-refractivity contribution in [1.29, 1.82) is 0 Å². The number of hydrogen-bond donors (Lipinski definition) is 1. The molecule has 94 valence electrons. The highest BCUT2D eigenvalue weighted by Gasteiger charge is 2.19. The van der Waals surface area contributed by atoms with Crippen molar-refractivity contribution in [3.05, 3.63) is 29.3 Å². The van der Waals surface area contributed by atoms with Crippen molar-refractivity contribution in [2.45, 2.75) is 19.9 Å². The second kappa shape index (κ2) is 5.96. The van der Waals surface area contributed by atoms with Crippen LogP contribution in [0.3, 0.4) is 0 Å². The average Bonchev–Trinajstić information content (AvgIpc) is 2.30. The zero-order valence-corrected chi connectivity index (χ0v) is 11.5. The van der Waals surface area contributed by atoms with Crippen LogP contribution < -0.4 is 0 Å². The summed E-state index contributed by atoms with van der Waals surface area (Å²) >= 11 is 1.70. The van der Waals surface area contributed by atoms with Gasteiger partial charge in [-0.2, -0.15) is 11.8 Å². The molecule has 0 aromatic heterocycles. The van der Waals surface area contributed by atoms with E-state index in [0.717, 1.165) is 11.3 Å². The third-order valence-electron chi connectivity index (χ3n) is 2.77. The molecule has 0 fully saturated rings. The molecule has 0 aliphatic rings. The van der Waals surface area contributed by atoms with Crippen molar-refractivity contribution in [1.82, 2.24) is 4.90 Å². The highest BCUT2D eigenvalue weighted by atomic mass is 32.2. The zero-order chi connectivity index (χ0) is 13.0. The number of phenolic OH excluding ortho intramolecular Hbond substituents is 1. The minimum Gasteiger partial charge on any atom is -0.507 e. The molecule has 1 rings (SSSR count). The van der Waals surface area contributed by atoms with Gasteiger partial charge < -0.3 is 10.0 Å². The van der Waals surface area contributed by atoms with Gasteiger partial charge in [0, 0.05) is 18.8 Å². The van der Waals surface area contributed by atoms with Crippen molar-refractivity contribution < 1.29 is 9.90 Å². The number of benzene rings is 1. The largest absolute Gasteiger partial charge is 0.507 e. The number of thioether (sulfide) groups is 1. The molecule has 1 N–H and O–H groups in total. The number of nitrogens with zero attached hydrogens (tertiary/aromatic N) is 1. The topological polar surface area (TPSA) is 40.5 Å². The number of aryl methyl sites for hydroxylation is 1. The van der Waals surface area contributed by atoms with Crippen molar-refractivity contribution in [2.24, 2.45) is 0 Å². The number of phenols is 1. The first kappa shape index (κ1) is 13.9. The normalized spacial score (nSPS) is 12.2. The van der Waals surface area contributed by atoms with Gasteiger partial charge in [0.1, 0.15) is 5.75 Å². The standard InChI is InChI=1S/C13H19NO2S/c1-9-5-6-12(15)11(7-9)13(16)14(3)10(2)8-17-4/h5-7,10,15H,8H2,1-4H3. The fourth-order valence-electron chi connectivity index (χ4n) is 1.56. The Kier molecular flexibility index (Phi) is 4.87. The van der Waals surface area contributed by atoms with Crippen LogP contribution in [-0.4, -0.2) is 41.0 Å². The lowest BCUT2D eigenvalue weighted by Gasteiger charge is -2.24. The lowest BCUT2D eigenvalue weighted by molar-refractivity contribution is 0.0754. The predicted molar refractivity (Wildman–Crippen MR) is 72.8 cm³/mol. The molecule has 0 saturated carbocycles. The molecule has 17 heavy (non-hydrogen) atoms. The maximum absolute atomic E-state index is 12.2. The third-order valence-corrected chi connectivity index (χ3v) is 3.59. The molecule has 3 nitrogen and oxygen atoms in total. The molecule has 4 heteroatoms. The SMILES string of the molecule is CSCC(C)N(C)C(=O)c1cc(C)ccc1O. The molecule has 0 bridgehead atoms. The highest BCUT2D eigenvalue weighted by molar-refractivity contribution is 7.98. The molecule has 1 unspecified atom stereocenters. The summed E-state index contributed by atoms with van der Waals surface area (Å²) in [6.45, 7) is 3.91. The molecular weight excluding hydrogens is 234 g/mol. The number of hydrogen-bond acceptors (Lipinski definition) is 3. The van der Waals surface area contributed by atoms with Gasteiger partial charge in [-0.25, -0.2) is 0 Å². The van der Waals surface area contributed by atoms with Gasteiger partial charge >= 0.3 is 0 Å². The van der Waals surface area contributed by atoms with Gasteiger partial charge in [0.2, 0.25) is 0 Å². The summed E-state index contributed by atoms with van der Waals surface area (Å²) in [7, 11) is 1.77. The molecule has 0 heterocycles. The van der Waals surface area contributed by atoms with Crippen molar-refractivity contribution in [3.8, 4) is 5.75 Å². The Labute approximate surface area is 107 Å². The summed E-state index contributed by atoms with van der Waals surface area (Å²) in [6.07, 6.45) is 2.01. The van der Waals surface area contributed by atoms with Crippen LogP contribution in [0.5, 0.6) is 5.75 Å². The second-order valence-electron chi connectivity index (χ2n) is 4.24. The first-order valence-electron chi connectivity index (χ1n) is 5.53. The molecule has 0 radical (unpaired) electrons. The highest BCUT2D eigenvalue weighted by Crippen LogP contribution is 2.20. The van der Waals surface area contributed by atoms with Crippen LogP contribution in [0.25, 0.3) is 0 Å². The van der Waals surface area contributed by atoms with Crippen LogP contribution in [0.15, 0.2) is 18.2 Å². The fourth-order valence-corrected chi connectivity index (χ4v) is 2.27. The van der Waals surface area contributed by atoms with E-state index in [1.54, 1.807) is 41.9 Å². The molecular formula is C13H19NO2S. The Morgan fingerprint density at radius 3 is 2.76 bits per heavy atom. The number of amides is 1. The van der Waals surface area contributed by atoms with Gasteiger partial charge in [-0.3, -0.25) is 4.79 Å². The van der Waals surface area contributed by atoms with Crippen LogP contribution in [0, 0.1) is 6.92 Å². The van der Waals surface area contributed by atoms with E-state index >= 15 is 0 Å². The van der Waals surface area contributed by atoms with Gasteiger partial charge in [0.05, 0.1) is 5.56 Å². The minimum atomic E-state index is -0.132. The van der Waals surface area contributed by atoms with E-state index in [2.05, 4.69) is 0 Å². The van der Waals surface area contributed by atoms with Crippen LogP contribution in [-0.2, 0) is 0 Å². The third kappa shape index (κ3) is 3.40. The van der Waals surface area contributed by atoms with Gasteiger partial charge in [-0.15, -0.1) is 0 Å². The molecule has 1 amide bonds. The first-order valence-corrected chi connectivity index (χ1v) is 6.92. The Hall–Kier alpha value is -1.16. The molecule has 1 aromatic rings. The first-order chi connectivity index (χ1) is 7.97.